The Morgan fingerprint density at radius 1 is 1.24 bits per heavy atom. The molecule has 0 aromatic heterocycles. The molecule has 0 bridgehead atoms. The van der Waals surface area contributed by atoms with Crippen LogP contribution in [0.15, 0.2) is 12.1 Å². The lowest BCUT2D eigenvalue weighted by molar-refractivity contribution is -0.129. The lowest BCUT2D eigenvalue weighted by atomic mass is 9.94. The van der Waals surface area contributed by atoms with Crippen molar-refractivity contribution < 1.29 is 14.7 Å². The highest BCUT2D eigenvalue weighted by Crippen LogP contribution is 2.22. The predicted octanol–water partition coefficient (Wildman–Crippen LogP) is 1.28. The molecule has 25 heavy (non-hydrogen) atoms. The second kappa shape index (κ2) is 9.42. The summed E-state index contributed by atoms with van der Waals surface area (Å²) in [4.78, 5) is 24.4. The van der Waals surface area contributed by atoms with Gasteiger partial charge in [-0.3, -0.25) is 9.59 Å². The smallest absolute Gasteiger partial charge is 0.254 e. The molecule has 0 aliphatic carbocycles. The third-order valence-electron chi connectivity index (χ3n) is 4.69. The Balaban J connectivity index is 2.92. The minimum absolute atomic E-state index is 0.00461. The number of rotatable bonds is 9. The van der Waals surface area contributed by atoms with Crippen molar-refractivity contribution in [2.45, 2.75) is 59.0 Å². The first-order valence-corrected chi connectivity index (χ1v) is 8.79. The first-order valence-electron chi connectivity index (χ1n) is 8.79. The fourth-order valence-corrected chi connectivity index (χ4v) is 3.22. The summed E-state index contributed by atoms with van der Waals surface area (Å²) in [5.74, 6) is -0.278. The Morgan fingerprint density at radius 3 is 2.24 bits per heavy atom. The van der Waals surface area contributed by atoms with Crippen LogP contribution in [-0.4, -0.2) is 36.1 Å². The Morgan fingerprint density at radius 2 is 1.80 bits per heavy atom. The Kier molecular flexibility index (Phi) is 7.90. The van der Waals surface area contributed by atoms with Gasteiger partial charge in [-0.2, -0.15) is 0 Å². The highest BCUT2D eigenvalue weighted by molar-refractivity contribution is 5.89. The van der Waals surface area contributed by atoms with Crippen LogP contribution in [0.5, 0.6) is 5.75 Å². The molecule has 0 aliphatic rings. The summed E-state index contributed by atoms with van der Waals surface area (Å²) in [5.41, 5.74) is 8.50. The summed E-state index contributed by atoms with van der Waals surface area (Å²) in [6.45, 7) is 7.85. The van der Waals surface area contributed by atoms with Gasteiger partial charge in [0.25, 0.3) is 5.75 Å². The standard InChI is InChI=1S/C19H31N3O3/c1-6-7-11(2)17(18(20)24)22-19(25)16(21-5)10-15-12(3)8-14(23)9-13(15)4/h8-9,11,16-17,21,23H,6-7,10H2,1-5H3,(H2,20,24)(H,22,25)/p+1/t11-,16+,17-/m1/s1. The zero-order valence-electron chi connectivity index (χ0n) is 15.9. The van der Waals surface area contributed by atoms with E-state index in [2.05, 4.69) is 10.6 Å². The third-order valence-corrected chi connectivity index (χ3v) is 4.69. The molecule has 6 heteroatoms. The maximum absolute atomic E-state index is 12.7. The van der Waals surface area contributed by atoms with Crippen molar-refractivity contribution in [3.63, 3.8) is 0 Å². The van der Waals surface area contributed by atoms with Crippen LogP contribution in [0.25, 0.3) is 0 Å². The van der Waals surface area contributed by atoms with Gasteiger partial charge in [0.1, 0.15) is 6.04 Å². The molecule has 140 valence electrons. The zero-order chi connectivity index (χ0) is 19.1. The molecule has 0 fully saturated rings. The topological polar surface area (TPSA) is 107 Å². The lowest BCUT2D eigenvalue weighted by Crippen LogP contribution is -2.54. The quantitative estimate of drug-likeness (QED) is 0.584. The van der Waals surface area contributed by atoms with E-state index in [0.29, 0.717) is 12.2 Å². The fourth-order valence-electron chi connectivity index (χ4n) is 3.22. The maximum Gasteiger partial charge on any atom is 0.254 e. The largest absolute Gasteiger partial charge is 0.593 e. The number of primary amides is 1. The molecule has 0 saturated heterocycles. The first-order chi connectivity index (χ1) is 11.7. The van der Waals surface area contributed by atoms with Gasteiger partial charge in [-0.05, 0) is 56.3 Å². The Labute approximate surface area is 150 Å². The minimum Gasteiger partial charge on any atom is -0.593 e. The molecule has 1 rings (SSSR count). The molecule has 0 saturated carbocycles. The fraction of sp³-hybridized carbons (Fsp3) is 0.579. The van der Waals surface area contributed by atoms with Crippen LogP contribution in [0.1, 0.15) is 43.4 Å². The normalized spacial score (nSPS) is 14.6. The number of aryl methyl sites for hydroxylation is 2. The molecule has 1 aromatic carbocycles. The molecule has 0 aliphatic heterocycles. The van der Waals surface area contributed by atoms with Crippen molar-refractivity contribution in [2.75, 3.05) is 7.05 Å². The van der Waals surface area contributed by atoms with Crippen LogP contribution in [0.3, 0.4) is 0 Å². The van der Waals surface area contributed by atoms with Crippen LogP contribution < -0.4 is 16.4 Å². The van der Waals surface area contributed by atoms with Gasteiger partial charge in [-0.25, -0.2) is 0 Å². The van der Waals surface area contributed by atoms with Crippen molar-refractivity contribution in [1.82, 2.24) is 10.6 Å². The van der Waals surface area contributed by atoms with Gasteiger partial charge in [0, 0.05) is 12.1 Å². The summed E-state index contributed by atoms with van der Waals surface area (Å²) < 4.78 is 0. The van der Waals surface area contributed by atoms with Gasteiger partial charge in [-0.1, -0.05) is 20.3 Å². The maximum atomic E-state index is 12.7. The average molecular weight is 350 g/mol. The molecule has 0 heterocycles. The molecule has 0 unspecified atom stereocenters. The van der Waals surface area contributed by atoms with Crippen molar-refractivity contribution in [2.24, 2.45) is 11.7 Å². The molecule has 2 amide bonds. The van der Waals surface area contributed by atoms with Gasteiger partial charge < -0.3 is 21.5 Å². The number of amides is 2. The lowest BCUT2D eigenvalue weighted by Gasteiger charge is -2.25. The first kappa shape index (κ1) is 21.0. The zero-order valence-corrected chi connectivity index (χ0v) is 15.9. The van der Waals surface area contributed by atoms with Gasteiger partial charge in [-0.15, -0.1) is 0 Å². The van der Waals surface area contributed by atoms with E-state index in [1.807, 2.05) is 27.7 Å². The summed E-state index contributed by atoms with van der Waals surface area (Å²) in [6.07, 6.45) is 2.24. The van der Waals surface area contributed by atoms with Gasteiger partial charge in [0.15, 0.2) is 0 Å². The van der Waals surface area contributed by atoms with E-state index in [-0.39, 0.29) is 11.8 Å². The Bertz CT molecular complexity index is 593. The van der Waals surface area contributed by atoms with Gasteiger partial charge in [0.05, 0.1) is 6.04 Å². The summed E-state index contributed by atoms with van der Waals surface area (Å²) in [5, 5.41) is 13.6. The Hall–Kier alpha value is -2.08. The third kappa shape index (κ3) is 5.74. The van der Waals surface area contributed by atoms with Crippen LogP contribution in [0.4, 0.5) is 0 Å². The van der Waals surface area contributed by atoms with Crippen molar-refractivity contribution in [1.29, 1.82) is 0 Å². The van der Waals surface area contributed by atoms with E-state index in [1.54, 1.807) is 19.2 Å². The van der Waals surface area contributed by atoms with Crippen LogP contribution in [0.2, 0.25) is 0 Å². The molecule has 6 nitrogen and oxygen atoms in total. The van der Waals surface area contributed by atoms with Crippen LogP contribution in [0, 0.1) is 19.8 Å². The van der Waals surface area contributed by atoms with E-state index in [4.69, 9.17) is 10.8 Å². The number of carbonyl (C=O) groups is 2. The monoisotopic (exact) mass is 350 g/mol. The number of carbonyl (C=O) groups excluding carboxylic acids is 2. The van der Waals surface area contributed by atoms with Gasteiger partial charge in [0.2, 0.25) is 11.8 Å². The predicted molar refractivity (Wildman–Crippen MR) is 101 cm³/mol. The number of likely N-dealkylation sites (N-methyl/N-ethyl adjacent to an activating group) is 1. The van der Waals surface area contributed by atoms with Crippen molar-refractivity contribution in [3.8, 4) is 5.75 Å². The highest BCUT2D eigenvalue weighted by Gasteiger charge is 2.28. The van der Waals surface area contributed by atoms with Gasteiger partial charge >= 0.3 is 0 Å². The molecule has 0 spiro atoms. The summed E-state index contributed by atoms with van der Waals surface area (Å²) in [7, 11) is 1.72. The number of hydrogen-bond donors (Lipinski definition) is 3. The molecule has 0 radical (unpaired) electrons. The SMILES string of the molecule is CCC[C@@H](C)[C@@H](NC(=O)[C@H](Cc1c(C)cc([OH2+])cc1C)NC)C(N)=O. The van der Waals surface area contributed by atoms with Crippen molar-refractivity contribution >= 4 is 11.8 Å². The number of nitrogens with one attached hydrogen (secondary N) is 2. The van der Waals surface area contributed by atoms with E-state index in [9.17, 15) is 9.59 Å². The van der Waals surface area contributed by atoms with E-state index < -0.39 is 18.0 Å². The molecule has 1 aromatic rings. The number of nitrogens with two attached hydrogens (primary N) is 1. The van der Waals surface area contributed by atoms with E-state index in [1.165, 1.54) is 0 Å². The average Bonchev–Trinajstić information content (AvgIpc) is 2.51. The van der Waals surface area contributed by atoms with Crippen LogP contribution >= 0.6 is 0 Å². The number of benzene rings is 1. The number of hydrogen-bond acceptors (Lipinski definition) is 3. The minimum atomic E-state index is -0.666. The molecule has 6 N–H and O–H groups in total. The molecular weight excluding hydrogens is 318 g/mol. The van der Waals surface area contributed by atoms with Crippen LogP contribution in [-0.2, 0) is 16.0 Å². The molecule has 3 atom stereocenters. The van der Waals surface area contributed by atoms with E-state index >= 15 is 0 Å². The van der Waals surface area contributed by atoms with E-state index in [0.717, 1.165) is 29.5 Å². The summed E-state index contributed by atoms with van der Waals surface area (Å²) in [6, 6.07) is 2.45. The van der Waals surface area contributed by atoms with Crippen molar-refractivity contribution in [3.05, 3.63) is 28.8 Å². The molecular formula is C19H32N3O3+. The summed E-state index contributed by atoms with van der Waals surface area (Å²) >= 11 is 0. The second-order valence-electron chi connectivity index (χ2n) is 6.79. The second-order valence-corrected chi connectivity index (χ2v) is 6.79. The highest BCUT2D eigenvalue weighted by atomic mass is 16.3.